The Morgan fingerprint density at radius 2 is 1.96 bits per heavy atom. The second-order valence-electron chi connectivity index (χ2n) is 4.54. The Morgan fingerprint density at radius 3 is 2.62 bits per heavy atom. The standard InChI is InChI=1S/C15H12ClN3O4S/c1-21-9-4-3-8(7-10(9)22-2)13(20)17-15-19-18-14(23-15)11-5-6-12(16)24-11/h3-7H,1-2H3,(H,17,19,20). The number of nitrogens with zero attached hydrogens (tertiary/aromatic N) is 2. The van der Waals surface area contributed by atoms with Gasteiger partial charge in [-0.05, 0) is 30.3 Å². The van der Waals surface area contributed by atoms with Crippen molar-refractivity contribution in [2.24, 2.45) is 0 Å². The van der Waals surface area contributed by atoms with Crippen molar-refractivity contribution in [2.75, 3.05) is 19.5 Å². The molecule has 7 nitrogen and oxygen atoms in total. The normalized spacial score (nSPS) is 10.5. The van der Waals surface area contributed by atoms with Crippen LogP contribution in [-0.2, 0) is 0 Å². The minimum Gasteiger partial charge on any atom is -0.493 e. The summed E-state index contributed by atoms with van der Waals surface area (Å²) in [6, 6.07) is 8.29. The Balaban J connectivity index is 1.77. The van der Waals surface area contributed by atoms with Crippen molar-refractivity contribution in [3.63, 3.8) is 0 Å². The molecule has 1 N–H and O–H groups in total. The van der Waals surface area contributed by atoms with Crippen molar-refractivity contribution in [3.05, 3.63) is 40.2 Å². The highest BCUT2D eigenvalue weighted by Gasteiger charge is 2.15. The van der Waals surface area contributed by atoms with Crippen molar-refractivity contribution in [3.8, 4) is 22.3 Å². The van der Waals surface area contributed by atoms with Gasteiger partial charge < -0.3 is 13.9 Å². The number of halogens is 1. The molecule has 0 saturated carbocycles. The van der Waals surface area contributed by atoms with E-state index in [2.05, 4.69) is 15.5 Å². The molecular weight excluding hydrogens is 354 g/mol. The summed E-state index contributed by atoms with van der Waals surface area (Å²) in [5.74, 6) is 0.859. The summed E-state index contributed by atoms with van der Waals surface area (Å²) in [7, 11) is 3.02. The second-order valence-corrected chi connectivity index (χ2v) is 6.26. The summed E-state index contributed by atoms with van der Waals surface area (Å²) >= 11 is 7.18. The zero-order chi connectivity index (χ0) is 17.1. The number of aromatic nitrogens is 2. The van der Waals surface area contributed by atoms with Gasteiger partial charge >= 0.3 is 6.01 Å². The maximum atomic E-state index is 12.3. The largest absolute Gasteiger partial charge is 0.493 e. The molecule has 0 unspecified atom stereocenters. The zero-order valence-electron chi connectivity index (χ0n) is 12.7. The van der Waals surface area contributed by atoms with Crippen molar-refractivity contribution < 1.29 is 18.7 Å². The van der Waals surface area contributed by atoms with Crippen molar-refractivity contribution in [2.45, 2.75) is 0 Å². The summed E-state index contributed by atoms with van der Waals surface area (Å²) in [5, 5.41) is 10.2. The maximum absolute atomic E-state index is 12.3. The van der Waals surface area contributed by atoms with Gasteiger partial charge in [0.25, 0.3) is 11.8 Å². The number of thiophene rings is 1. The highest BCUT2D eigenvalue weighted by molar-refractivity contribution is 7.19. The van der Waals surface area contributed by atoms with E-state index in [0.29, 0.717) is 21.4 Å². The van der Waals surface area contributed by atoms with Crippen LogP contribution in [0.4, 0.5) is 6.01 Å². The molecule has 0 radical (unpaired) electrons. The van der Waals surface area contributed by atoms with E-state index in [1.165, 1.54) is 25.6 Å². The Labute approximate surface area is 146 Å². The number of rotatable bonds is 5. The van der Waals surface area contributed by atoms with Crippen LogP contribution in [0.1, 0.15) is 10.4 Å². The molecule has 24 heavy (non-hydrogen) atoms. The minimum atomic E-state index is -0.407. The Morgan fingerprint density at radius 1 is 1.17 bits per heavy atom. The fourth-order valence-electron chi connectivity index (χ4n) is 1.95. The minimum absolute atomic E-state index is 0.00527. The molecule has 9 heteroatoms. The number of nitrogens with one attached hydrogen (secondary N) is 1. The predicted octanol–water partition coefficient (Wildman–Crippen LogP) is 3.72. The SMILES string of the molecule is COc1ccc(C(=O)Nc2nnc(-c3ccc(Cl)s3)o2)cc1OC. The summed E-state index contributed by atoms with van der Waals surface area (Å²) < 4.78 is 16.3. The number of hydrogen-bond donors (Lipinski definition) is 1. The van der Waals surface area contributed by atoms with Crippen LogP contribution in [0.3, 0.4) is 0 Å². The summed E-state index contributed by atoms with van der Waals surface area (Å²) in [4.78, 5) is 13.0. The van der Waals surface area contributed by atoms with Gasteiger partial charge in [-0.2, -0.15) is 0 Å². The van der Waals surface area contributed by atoms with Gasteiger partial charge in [0.1, 0.15) is 0 Å². The number of anilines is 1. The van der Waals surface area contributed by atoms with E-state index < -0.39 is 5.91 Å². The maximum Gasteiger partial charge on any atom is 0.322 e. The lowest BCUT2D eigenvalue weighted by Crippen LogP contribution is -2.12. The van der Waals surface area contributed by atoms with Gasteiger partial charge in [0.2, 0.25) is 0 Å². The molecule has 0 spiro atoms. The van der Waals surface area contributed by atoms with Gasteiger partial charge in [-0.25, -0.2) is 0 Å². The summed E-state index contributed by atoms with van der Waals surface area (Å²) in [6.45, 7) is 0. The third kappa shape index (κ3) is 3.34. The lowest BCUT2D eigenvalue weighted by molar-refractivity contribution is 0.102. The van der Waals surface area contributed by atoms with Crippen LogP contribution in [0.25, 0.3) is 10.8 Å². The number of benzene rings is 1. The second kappa shape index (κ2) is 6.90. The molecule has 2 heterocycles. The van der Waals surface area contributed by atoms with Crippen LogP contribution in [0.15, 0.2) is 34.7 Å². The van der Waals surface area contributed by atoms with E-state index >= 15 is 0 Å². The quantitative estimate of drug-likeness (QED) is 0.741. The molecule has 3 aromatic rings. The first-order valence-electron chi connectivity index (χ1n) is 6.73. The molecule has 0 saturated heterocycles. The molecule has 2 aromatic heterocycles. The van der Waals surface area contributed by atoms with Gasteiger partial charge in [-0.15, -0.1) is 16.4 Å². The van der Waals surface area contributed by atoms with Crippen LogP contribution < -0.4 is 14.8 Å². The van der Waals surface area contributed by atoms with E-state index in [9.17, 15) is 4.79 Å². The van der Waals surface area contributed by atoms with Gasteiger partial charge in [0, 0.05) is 5.56 Å². The van der Waals surface area contributed by atoms with Crippen LogP contribution in [-0.4, -0.2) is 30.3 Å². The molecular formula is C15H12ClN3O4S. The molecule has 1 amide bonds. The number of ether oxygens (including phenoxy) is 2. The monoisotopic (exact) mass is 365 g/mol. The zero-order valence-corrected chi connectivity index (χ0v) is 14.3. The van der Waals surface area contributed by atoms with Crippen LogP contribution >= 0.6 is 22.9 Å². The molecule has 0 atom stereocenters. The average molecular weight is 366 g/mol. The molecule has 0 aliphatic heterocycles. The average Bonchev–Trinajstić information content (AvgIpc) is 3.23. The third-order valence-electron chi connectivity index (χ3n) is 3.08. The smallest absolute Gasteiger partial charge is 0.322 e. The Kier molecular flexibility index (Phi) is 4.68. The van der Waals surface area contributed by atoms with Crippen LogP contribution in [0, 0.1) is 0 Å². The van der Waals surface area contributed by atoms with Gasteiger partial charge in [-0.3, -0.25) is 10.1 Å². The van der Waals surface area contributed by atoms with Crippen molar-refractivity contribution in [1.82, 2.24) is 10.2 Å². The fourth-order valence-corrected chi connectivity index (χ4v) is 2.91. The van der Waals surface area contributed by atoms with Gasteiger partial charge in [-0.1, -0.05) is 16.7 Å². The van der Waals surface area contributed by atoms with Crippen molar-refractivity contribution >= 4 is 34.9 Å². The Bertz CT molecular complexity index is 877. The van der Waals surface area contributed by atoms with Crippen LogP contribution in [0.2, 0.25) is 4.34 Å². The first-order chi connectivity index (χ1) is 11.6. The topological polar surface area (TPSA) is 86.5 Å². The van der Waals surface area contributed by atoms with E-state index in [-0.39, 0.29) is 11.9 Å². The third-order valence-corrected chi connectivity index (χ3v) is 4.29. The number of amides is 1. The molecule has 1 aromatic carbocycles. The van der Waals surface area contributed by atoms with Crippen molar-refractivity contribution in [1.29, 1.82) is 0 Å². The molecule has 0 fully saturated rings. The highest BCUT2D eigenvalue weighted by Crippen LogP contribution is 2.31. The summed E-state index contributed by atoms with van der Waals surface area (Å²) in [6.07, 6.45) is 0. The van der Waals surface area contributed by atoms with E-state index in [1.807, 2.05) is 0 Å². The van der Waals surface area contributed by atoms with Gasteiger partial charge in [0.05, 0.1) is 23.4 Å². The van der Waals surface area contributed by atoms with Gasteiger partial charge in [0.15, 0.2) is 11.5 Å². The van der Waals surface area contributed by atoms with E-state index in [4.69, 9.17) is 25.5 Å². The van der Waals surface area contributed by atoms with Crippen LogP contribution in [0.5, 0.6) is 11.5 Å². The molecule has 3 rings (SSSR count). The molecule has 124 valence electrons. The molecule has 0 aliphatic rings. The lowest BCUT2D eigenvalue weighted by Gasteiger charge is -2.08. The van der Waals surface area contributed by atoms with E-state index in [0.717, 1.165) is 4.88 Å². The Hall–Kier alpha value is -2.58. The number of hydrogen-bond acceptors (Lipinski definition) is 7. The number of methoxy groups -OCH3 is 2. The number of carbonyl (C=O) groups is 1. The number of carbonyl (C=O) groups excluding carboxylic acids is 1. The summed E-state index contributed by atoms with van der Waals surface area (Å²) in [5.41, 5.74) is 0.367. The first kappa shape index (κ1) is 16.3. The lowest BCUT2D eigenvalue weighted by atomic mass is 10.2. The first-order valence-corrected chi connectivity index (χ1v) is 7.92. The molecule has 0 aliphatic carbocycles. The molecule has 0 bridgehead atoms. The predicted molar refractivity (Wildman–Crippen MR) is 90.1 cm³/mol. The fraction of sp³-hybridized carbons (Fsp3) is 0.133. The highest BCUT2D eigenvalue weighted by atomic mass is 35.5. The van der Waals surface area contributed by atoms with E-state index in [1.54, 1.807) is 30.3 Å².